The summed E-state index contributed by atoms with van der Waals surface area (Å²) >= 11 is 0. The molecule has 0 aliphatic carbocycles. The number of hydrogen-bond donors (Lipinski definition) is 4. The van der Waals surface area contributed by atoms with Crippen molar-refractivity contribution >= 4 is 11.8 Å². The summed E-state index contributed by atoms with van der Waals surface area (Å²) in [5.74, 6) is -0.245. The second-order valence-corrected chi connectivity index (χ2v) is 7.06. The van der Waals surface area contributed by atoms with Crippen LogP contribution in [0.1, 0.15) is 11.1 Å². The molecule has 0 saturated carbocycles. The average Bonchev–Trinajstić information content (AvgIpc) is 2.78. The van der Waals surface area contributed by atoms with E-state index >= 15 is 0 Å². The van der Waals surface area contributed by atoms with Crippen LogP contribution in [0.25, 0.3) is 17.2 Å². The molecule has 0 atom stereocenters. The smallest absolute Gasteiger partial charge is 0.123 e. The summed E-state index contributed by atoms with van der Waals surface area (Å²) in [5.41, 5.74) is 9.86. The van der Waals surface area contributed by atoms with E-state index in [0.717, 1.165) is 27.9 Å². The number of halogens is 1. The standard InChI is InChI=1S/C24H25FN2O2/c25-22-9-11-23(12-10-22)27-15-19-3-7-21(8-4-19)20-5-1-18(2-6-20)13-14-24(26,16-28)17-29/h1-14,27-29H,15-17,26H2/b14-13+. The van der Waals surface area contributed by atoms with Crippen LogP contribution in [0.15, 0.2) is 78.9 Å². The van der Waals surface area contributed by atoms with Gasteiger partial charge in [-0.3, -0.25) is 0 Å². The van der Waals surface area contributed by atoms with E-state index in [1.165, 1.54) is 12.1 Å². The minimum Gasteiger partial charge on any atom is -0.394 e. The predicted octanol–water partition coefficient (Wildman–Crippen LogP) is 3.80. The van der Waals surface area contributed by atoms with Crippen molar-refractivity contribution in [2.24, 2.45) is 5.73 Å². The number of aliphatic hydroxyl groups excluding tert-OH is 2. The lowest BCUT2D eigenvalue weighted by Crippen LogP contribution is -2.45. The second-order valence-electron chi connectivity index (χ2n) is 7.06. The Balaban J connectivity index is 1.62. The van der Waals surface area contributed by atoms with Gasteiger partial charge in [0.2, 0.25) is 0 Å². The van der Waals surface area contributed by atoms with Gasteiger partial charge in [0, 0.05) is 12.2 Å². The molecule has 3 aromatic rings. The molecule has 0 aromatic heterocycles. The van der Waals surface area contributed by atoms with Gasteiger partial charge in [-0.2, -0.15) is 0 Å². The highest BCUT2D eigenvalue weighted by molar-refractivity contribution is 5.66. The summed E-state index contributed by atoms with van der Waals surface area (Å²) < 4.78 is 13.0. The summed E-state index contributed by atoms with van der Waals surface area (Å²) in [6.07, 6.45) is 3.41. The Hall–Kier alpha value is -2.99. The molecular formula is C24H25FN2O2. The first-order chi connectivity index (χ1) is 14.0. The maximum Gasteiger partial charge on any atom is 0.123 e. The number of anilines is 1. The number of nitrogens with two attached hydrogens (primary N) is 1. The zero-order valence-corrected chi connectivity index (χ0v) is 16.1. The molecule has 5 N–H and O–H groups in total. The van der Waals surface area contributed by atoms with Gasteiger partial charge in [0.25, 0.3) is 0 Å². The molecule has 3 aromatic carbocycles. The van der Waals surface area contributed by atoms with Crippen LogP contribution in [0.3, 0.4) is 0 Å². The molecular weight excluding hydrogens is 367 g/mol. The Bertz CT molecular complexity index is 932. The largest absolute Gasteiger partial charge is 0.394 e. The number of hydrogen-bond acceptors (Lipinski definition) is 4. The minimum absolute atomic E-state index is 0.245. The Labute approximate surface area is 170 Å². The van der Waals surface area contributed by atoms with Crippen molar-refractivity contribution in [2.45, 2.75) is 12.1 Å². The fourth-order valence-electron chi connectivity index (χ4n) is 2.79. The van der Waals surface area contributed by atoms with Gasteiger partial charge in [-0.05, 0) is 46.5 Å². The van der Waals surface area contributed by atoms with Crippen molar-refractivity contribution < 1.29 is 14.6 Å². The van der Waals surface area contributed by atoms with E-state index < -0.39 is 5.54 Å². The fraction of sp³-hybridized carbons (Fsp3) is 0.167. The van der Waals surface area contributed by atoms with Crippen LogP contribution in [-0.2, 0) is 6.54 Å². The van der Waals surface area contributed by atoms with Gasteiger partial charge in [-0.1, -0.05) is 60.7 Å². The highest BCUT2D eigenvalue weighted by Crippen LogP contribution is 2.21. The Morgan fingerprint density at radius 1 is 0.828 bits per heavy atom. The minimum atomic E-state index is -1.11. The third kappa shape index (κ3) is 5.74. The maximum absolute atomic E-state index is 13.0. The molecule has 3 rings (SSSR count). The molecule has 0 aliphatic heterocycles. The van der Waals surface area contributed by atoms with E-state index in [1.807, 2.05) is 24.3 Å². The van der Waals surface area contributed by atoms with Gasteiger partial charge >= 0.3 is 0 Å². The zero-order valence-electron chi connectivity index (χ0n) is 16.1. The van der Waals surface area contributed by atoms with Crippen LogP contribution in [-0.4, -0.2) is 29.0 Å². The normalized spacial score (nSPS) is 11.7. The van der Waals surface area contributed by atoms with Crippen LogP contribution in [0.5, 0.6) is 0 Å². The van der Waals surface area contributed by atoms with E-state index in [9.17, 15) is 14.6 Å². The topological polar surface area (TPSA) is 78.5 Å². The van der Waals surface area contributed by atoms with Crippen molar-refractivity contribution in [2.75, 3.05) is 18.5 Å². The van der Waals surface area contributed by atoms with Crippen molar-refractivity contribution in [3.63, 3.8) is 0 Å². The number of nitrogens with one attached hydrogen (secondary N) is 1. The van der Waals surface area contributed by atoms with Gasteiger partial charge < -0.3 is 21.3 Å². The molecule has 5 heteroatoms. The molecule has 0 radical (unpaired) electrons. The summed E-state index contributed by atoms with van der Waals surface area (Å²) in [5, 5.41) is 21.7. The molecule has 150 valence electrons. The summed E-state index contributed by atoms with van der Waals surface area (Å²) in [6, 6.07) is 22.5. The van der Waals surface area contributed by atoms with Crippen molar-refractivity contribution in [3.05, 3.63) is 95.8 Å². The zero-order chi connectivity index (χ0) is 20.7. The van der Waals surface area contributed by atoms with Crippen LogP contribution < -0.4 is 11.1 Å². The van der Waals surface area contributed by atoms with Crippen LogP contribution in [0, 0.1) is 5.82 Å². The lowest BCUT2D eigenvalue weighted by atomic mass is 9.99. The third-order valence-corrected chi connectivity index (χ3v) is 4.74. The summed E-state index contributed by atoms with van der Waals surface area (Å²) in [7, 11) is 0. The molecule has 0 spiro atoms. The van der Waals surface area contributed by atoms with Gasteiger partial charge in [-0.15, -0.1) is 0 Å². The number of benzene rings is 3. The van der Waals surface area contributed by atoms with E-state index in [1.54, 1.807) is 24.3 Å². The number of aliphatic hydroxyl groups is 2. The maximum atomic E-state index is 13.0. The van der Waals surface area contributed by atoms with Crippen molar-refractivity contribution in [1.29, 1.82) is 0 Å². The second kappa shape index (κ2) is 9.47. The monoisotopic (exact) mass is 392 g/mol. The van der Waals surface area contributed by atoms with Crippen LogP contribution in [0.4, 0.5) is 10.1 Å². The number of rotatable bonds is 8. The fourth-order valence-corrected chi connectivity index (χ4v) is 2.79. The van der Waals surface area contributed by atoms with Gasteiger partial charge in [0.05, 0.1) is 18.8 Å². The lowest BCUT2D eigenvalue weighted by Gasteiger charge is -2.19. The van der Waals surface area contributed by atoms with Crippen LogP contribution >= 0.6 is 0 Å². The summed E-state index contributed by atoms with van der Waals surface area (Å²) in [4.78, 5) is 0. The lowest BCUT2D eigenvalue weighted by molar-refractivity contribution is 0.152. The molecule has 0 heterocycles. The highest BCUT2D eigenvalue weighted by atomic mass is 19.1. The van der Waals surface area contributed by atoms with Crippen LogP contribution in [0.2, 0.25) is 0 Å². The van der Waals surface area contributed by atoms with Crippen molar-refractivity contribution in [1.82, 2.24) is 0 Å². The Kier molecular flexibility index (Phi) is 6.77. The molecule has 29 heavy (non-hydrogen) atoms. The average molecular weight is 392 g/mol. The van der Waals surface area contributed by atoms with Gasteiger partial charge in [-0.25, -0.2) is 4.39 Å². The molecule has 0 aliphatic rings. The third-order valence-electron chi connectivity index (χ3n) is 4.74. The van der Waals surface area contributed by atoms with Gasteiger partial charge in [0.1, 0.15) is 5.82 Å². The molecule has 4 nitrogen and oxygen atoms in total. The van der Waals surface area contributed by atoms with Gasteiger partial charge in [0.15, 0.2) is 0 Å². The molecule has 0 amide bonds. The quantitative estimate of drug-likeness (QED) is 0.470. The Morgan fingerprint density at radius 3 is 1.93 bits per heavy atom. The SMILES string of the molecule is NC(/C=C/c1ccc(-c2ccc(CNc3ccc(F)cc3)cc2)cc1)(CO)CO. The van der Waals surface area contributed by atoms with E-state index in [-0.39, 0.29) is 19.0 Å². The Morgan fingerprint density at radius 2 is 1.38 bits per heavy atom. The summed E-state index contributed by atoms with van der Waals surface area (Å²) in [6.45, 7) is 0.0209. The van der Waals surface area contributed by atoms with E-state index in [0.29, 0.717) is 6.54 Å². The molecule has 0 saturated heterocycles. The first kappa shape index (κ1) is 20.7. The molecule has 0 fully saturated rings. The van der Waals surface area contributed by atoms with E-state index in [2.05, 4.69) is 29.6 Å². The predicted molar refractivity (Wildman–Crippen MR) is 116 cm³/mol. The molecule has 0 bridgehead atoms. The first-order valence-corrected chi connectivity index (χ1v) is 9.40. The first-order valence-electron chi connectivity index (χ1n) is 9.40. The van der Waals surface area contributed by atoms with Crippen molar-refractivity contribution in [3.8, 4) is 11.1 Å². The molecule has 0 unspecified atom stereocenters. The highest BCUT2D eigenvalue weighted by Gasteiger charge is 2.18. The van der Waals surface area contributed by atoms with E-state index in [4.69, 9.17) is 5.73 Å².